The van der Waals surface area contributed by atoms with Gasteiger partial charge in [0.05, 0.1) is 47.2 Å². The normalized spacial score (nSPS) is 34.9. The number of nitrogens with zero attached hydrogens (tertiary/aromatic N) is 2. The van der Waals surface area contributed by atoms with Crippen LogP contribution in [0.2, 0.25) is 0 Å². The summed E-state index contributed by atoms with van der Waals surface area (Å²) in [7, 11) is -6.20. The largest absolute Gasteiger partial charge is 0.356 e. The summed E-state index contributed by atoms with van der Waals surface area (Å²) in [6.07, 6.45) is 0. The summed E-state index contributed by atoms with van der Waals surface area (Å²) in [5.74, 6) is 0.273. The van der Waals surface area contributed by atoms with E-state index in [9.17, 15) is 16.8 Å². The van der Waals surface area contributed by atoms with Gasteiger partial charge < -0.3 is 20.4 Å². The maximum Gasteiger partial charge on any atom is 0.174 e. The van der Waals surface area contributed by atoms with E-state index in [1.807, 2.05) is 34.1 Å². The number of hydrogen-bond donors (Lipinski definition) is 2. The van der Waals surface area contributed by atoms with E-state index in [0.29, 0.717) is 10.2 Å². The Labute approximate surface area is 174 Å². The first kappa shape index (κ1) is 18.5. The molecular weight excluding hydrogens is 440 g/mol. The molecule has 4 fully saturated rings. The standard InChI is InChI=1S/C16H18N4O4S4/c21-27(22)5-11-13(7-27)19(15(25)17-11)9-2-1-3-10(4-9)20-14-8-28(23,24)6-12(14)18-16(20)26/h1-4,11-14H,5-8H2,(H,17,25)(H,18,26). The first-order valence-corrected chi connectivity index (χ1v) is 13.3. The molecule has 4 aliphatic heterocycles. The van der Waals surface area contributed by atoms with Crippen LogP contribution < -0.4 is 20.4 Å². The molecule has 0 aromatic heterocycles. The Bertz CT molecular complexity index is 1020. The number of thiocarbonyl (C=S) groups is 2. The lowest BCUT2D eigenvalue weighted by molar-refractivity contribution is 0.598. The second kappa shape index (κ2) is 6.00. The molecule has 28 heavy (non-hydrogen) atoms. The highest BCUT2D eigenvalue weighted by Gasteiger charge is 2.49. The van der Waals surface area contributed by atoms with Crippen LogP contribution in [0.5, 0.6) is 0 Å². The van der Waals surface area contributed by atoms with Crippen molar-refractivity contribution >= 4 is 65.7 Å². The number of benzene rings is 1. The van der Waals surface area contributed by atoms with Gasteiger partial charge in [-0.2, -0.15) is 0 Å². The van der Waals surface area contributed by atoms with Crippen molar-refractivity contribution in [1.29, 1.82) is 0 Å². The molecule has 0 aliphatic carbocycles. The predicted octanol–water partition coefficient (Wildman–Crippen LogP) is -0.593. The molecule has 0 radical (unpaired) electrons. The van der Waals surface area contributed by atoms with Crippen LogP contribution in [-0.2, 0) is 19.7 Å². The predicted molar refractivity (Wildman–Crippen MR) is 115 cm³/mol. The Hall–Kier alpha value is -1.50. The fraction of sp³-hybridized carbons (Fsp3) is 0.500. The maximum absolute atomic E-state index is 12.0. The van der Waals surface area contributed by atoms with E-state index in [1.165, 1.54) is 0 Å². The van der Waals surface area contributed by atoms with Crippen LogP contribution in [0.1, 0.15) is 0 Å². The number of hydrogen-bond acceptors (Lipinski definition) is 6. The SMILES string of the molecule is O=S1(=O)CC2NC(=S)N(c3cccc(N4C(=S)NC5CS(=O)(=O)CC54)c3)C2C1. The molecular formula is C16H18N4O4S4. The first-order chi connectivity index (χ1) is 13.1. The first-order valence-electron chi connectivity index (χ1n) is 8.84. The molecule has 0 amide bonds. The van der Waals surface area contributed by atoms with Gasteiger partial charge in [0.25, 0.3) is 0 Å². The van der Waals surface area contributed by atoms with Crippen molar-refractivity contribution < 1.29 is 16.8 Å². The monoisotopic (exact) mass is 458 g/mol. The van der Waals surface area contributed by atoms with Gasteiger partial charge >= 0.3 is 0 Å². The highest BCUT2D eigenvalue weighted by atomic mass is 32.2. The fourth-order valence-electron chi connectivity index (χ4n) is 4.61. The van der Waals surface area contributed by atoms with E-state index in [1.54, 1.807) is 0 Å². The second-order valence-corrected chi connectivity index (χ2v) is 12.7. The summed E-state index contributed by atoms with van der Waals surface area (Å²) in [4.78, 5) is 3.70. The van der Waals surface area contributed by atoms with E-state index in [4.69, 9.17) is 24.4 Å². The Balaban J connectivity index is 1.49. The third-order valence-electron chi connectivity index (χ3n) is 5.75. The van der Waals surface area contributed by atoms with E-state index in [2.05, 4.69) is 10.6 Å². The van der Waals surface area contributed by atoms with E-state index in [0.717, 1.165) is 11.4 Å². The minimum atomic E-state index is -3.10. The quantitative estimate of drug-likeness (QED) is 0.560. The van der Waals surface area contributed by atoms with E-state index < -0.39 is 19.7 Å². The number of anilines is 2. The number of fused-ring (bicyclic) bond motifs is 2. The van der Waals surface area contributed by atoms with Gasteiger partial charge in [-0.05, 0) is 42.6 Å². The fourth-order valence-corrected chi connectivity index (χ4v) is 9.18. The molecule has 0 bridgehead atoms. The maximum atomic E-state index is 12.0. The van der Waals surface area contributed by atoms with Gasteiger partial charge in [-0.15, -0.1) is 0 Å². The van der Waals surface area contributed by atoms with Crippen molar-refractivity contribution in [2.75, 3.05) is 32.8 Å². The summed E-state index contributed by atoms with van der Waals surface area (Å²) in [5, 5.41) is 7.24. The minimum absolute atomic E-state index is 0.0572. The van der Waals surface area contributed by atoms with E-state index >= 15 is 0 Å². The highest BCUT2D eigenvalue weighted by molar-refractivity contribution is 7.92. The van der Waals surface area contributed by atoms with Crippen molar-refractivity contribution in [3.8, 4) is 0 Å². The molecule has 1 aromatic rings. The lowest BCUT2D eigenvalue weighted by Gasteiger charge is -2.27. The molecule has 4 atom stereocenters. The lowest BCUT2D eigenvalue weighted by Crippen LogP contribution is -2.38. The average Bonchev–Trinajstić information content (AvgIpc) is 3.21. The summed E-state index contributed by atoms with van der Waals surface area (Å²) in [6.45, 7) is 0. The summed E-state index contributed by atoms with van der Waals surface area (Å²) >= 11 is 10.9. The average molecular weight is 459 g/mol. The molecule has 2 N–H and O–H groups in total. The molecule has 5 rings (SSSR count). The van der Waals surface area contributed by atoms with Gasteiger partial charge in [0, 0.05) is 11.4 Å². The zero-order valence-electron chi connectivity index (χ0n) is 14.6. The van der Waals surface area contributed by atoms with Crippen LogP contribution in [0.15, 0.2) is 24.3 Å². The molecule has 12 heteroatoms. The molecule has 4 aliphatic rings. The summed E-state index contributed by atoms with van der Waals surface area (Å²) in [6, 6.07) is 6.60. The highest BCUT2D eigenvalue weighted by Crippen LogP contribution is 2.35. The Morgan fingerprint density at radius 1 is 0.786 bits per heavy atom. The lowest BCUT2D eigenvalue weighted by atomic mass is 10.1. The Morgan fingerprint density at radius 3 is 1.64 bits per heavy atom. The van der Waals surface area contributed by atoms with Crippen molar-refractivity contribution in [2.45, 2.75) is 24.2 Å². The van der Waals surface area contributed by atoms with Gasteiger partial charge in [-0.25, -0.2) is 16.8 Å². The zero-order valence-corrected chi connectivity index (χ0v) is 17.9. The molecule has 4 saturated heterocycles. The van der Waals surface area contributed by atoms with Crippen LogP contribution in [0.4, 0.5) is 11.4 Å². The van der Waals surface area contributed by atoms with Crippen LogP contribution in [0, 0.1) is 0 Å². The number of nitrogens with one attached hydrogen (secondary N) is 2. The number of sulfone groups is 2. The Morgan fingerprint density at radius 2 is 1.21 bits per heavy atom. The van der Waals surface area contributed by atoms with Crippen molar-refractivity contribution in [1.82, 2.24) is 10.6 Å². The zero-order chi connectivity index (χ0) is 19.8. The third-order valence-corrected chi connectivity index (χ3v) is 9.81. The van der Waals surface area contributed by atoms with Gasteiger partial charge in [-0.3, -0.25) is 0 Å². The molecule has 1 aromatic carbocycles. The molecule has 4 unspecified atom stereocenters. The number of rotatable bonds is 2. The topological polar surface area (TPSA) is 98.8 Å². The molecule has 0 saturated carbocycles. The van der Waals surface area contributed by atoms with Gasteiger partial charge in [0.1, 0.15) is 0 Å². The van der Waals surface area contributed by atoms with Crippen LogP contribution in [0.25, 0.3) is 0 Å². The van der Waals surface area contributed by atoms with Crippen LogP contribution in [-0.4, -0.2) is 74.2 Å². The smallest absolute Gasteiger partial charge is 0.174 e. The van der Waals surface area contributed by atoms with Crippen molar-refractivity contribution in [3.05, 3.63) is 24.3 Å². The van der Waals surface area contributed by atoms with Crippen molar-refractivity contribution in [2.24, 2.45) is 0 Å². The van der Waals surface area contributed by atoms with Gasteiger partial charge in [0.15, 0.2) is 29.9 Å². The Kier molecular flexibility index (Phi) is 3.97. The molecule has 150 valence electrons. The molecule has 0 spiro atoms. The summed E-state index contributed by atoms with van der Waals surface area (Å²) < 4.78 is 48.1. The van der Waals surface area contributed by atoms with Gasteiger partial charge in [-0.1, -0.05) is 6.07 Å². The van der Waals surface area contributed by atoms with Crippen molar-refractivity contribution in [3.63, 3.8) is 0 Å². The van der Waals surface area contributed by atoms with Crippen LogP contribution >= 0.6 is 24.4 Å². The van der Waals surface area contributed by atoms with Crippen LogP contribution in [0.3, 0.4) is 0 Å². The second-order valence-electron chi connectivity index (χ2n) is 7.66. The van der Waals surface area contributed by atoms with Gasteiger partial charge in [0.2, 0.25) is 0 Å². The molecule has 4 heterocycles. The summed E-state index contributed by atoms with van der Waals surface area (Å²) in [5.41, 5.74) is 1.54. The minimum Gasteiger partial charge on any atom is -0.356 e. The molecule has 8 nitrogen and oxygen atoms in total. The third kappa shape index (κ3) is 2.88. The van der Waals surface area contributed by atoms with E-state index in [-0.39, 0.29) is 47.2 Å².